The number of hydrogen-bond donors (Lipinski definition) is 1. The molecule has 0 aliphatic carbocycles. The number of nitriles is 1. The lowest BCUT2D eigenvalue weighted by Gasteiger charge is -2.10. The molecule has 1 aromatic heterocycles. The van der Waals surface area contributed by atoms with Crippen LogP contribution in [0.3, 0.4) is 0 Å². The summed E-state index contributed by atoms with van der Waals surface area (Å²) in [7, 11) is 0. The third-order valence-corrected chi connectivity index (χ3v) is 3.16. The van der Waals surface area contributed by atoms with Crippen LogP contribution in [0.5, 0.6) is 0 Å². The predicted molar refractivity (Wildman–Crippen MR) is 76.1 cm³/mol. The van der Waals surface area contributed by atoms with E-state index in [2.05, 4.69) is 32.3 Å². The maximum atomic E-state index is 9.04. The number of pyridine rings is 1. The first kappa shape index (κ1) is 12.9. The quantitative estimate of drug-likeness (QED) is 0.890. The van der Waals surface area contributed by atoms with Crippen molar-refractivity contribution in [3.63, 3.8) is 0 Å². The summed E-state index contributed by atoms with van der Waals surface area (Å²) in [5.74, 6) is 0.512. The highest BCUT2D eigenvalue weighted by atomic mass is 79.9. The van der Waals surface area contributed by atoms with Crippen molar-refractivity contribution in [1.82, 2.24) is 4.98 Å². The summed E-state index contributed by atoms with van der Waals surface area (Å²) >= 11 is 9.46. The molecule has 0 amide bonds. The number of halogens is 2. The summed E-state index contributed by atoms with van der Waals surface area (Å²) in [6.45, 7) is 1.87. The molecule has 1 N–H and O–H groups in total. The SMILES string of the molecule is Cc1ccc(C#N)c(Nc2cc(Br)ccc2Cl)n1. The lowest BCUT2D eigenvalue weighted by Crippen LogP contribution is -1.98. The van der Waals surface area contributed by atoms with Crippen LogP contribution in [0.1, 0.15) is 11.3 Å². The Morgan fingerprint density at radius 3 is 2.83 bits per heavy atom. The molecule has 0 saturated carbocycles. The van der Waals surface area contributed by atoms with Gasteiger partial charge in [-0.3, -0.25) is 0 Å². The van der Waals surface area contributed by atoms with Gasteiger partial charge in [0.1, 0.15) is 11.9 Å². The molecule has 3 nitrogen and oxygen atoms in total. The molecule has 0 bridgehead atoms. The highest BCUT2D eigenvalue weighted by Gasteiger charge is 2.07. The average Bonchev–Trinajstić information content (AvgIpc) is 2.34. The minimum absolute atomic E-state index is 0.483. The fraction of sp³-hybridized carbons (Fsp3) is 0.0769. The van der Waals surface area contributed by atoms with E-state index in [1.165, 1.54) is 0 Å². The van der Waals surface area contributed by atoms with Gasteiger partial charge >= 0.3 is 0 Å². The van der Waals surface area contributed by atoms with Crippen LogP contribution in [0.15, 0.2) is 34.8 Å². The van der Waals surface area contributed by atoms with E-state index in [-0.39, 0.29) is 0 Å². The second-order valence-electron chi connectivity index (χ2n) is 3.71. The topological polar surface area (TPSA) is 48.7 Å². The molecular weight excluding hydrogens is 314 g/mol. The molecule has 2 rings (SSSR count). The van der Waals surface area contributed by atoms with Crippen molar-refractivity contribution in [3.8, 4) is 6.07 Å². The third-order valence-electron chi connectivity index (χ3n) is 2.34. The molecule has 18 heavy (non-hydrogen) atoms. The van der Waals surface area contributed by atoms with E-state index in [0.29, 0.717) is 22.1 Å². The number of nitrogens with zero attached hydrogens (tertiary/aromatic N) is 2. The van der Waals surface area contributed by atoms with E-state index >= 15 is 0 Å². The van der Waals surface area contributed by atoms with Crippen molar-refractivity contribution in [3.05, 3.63) is 51.1 Å². The van der Waals surface area contributed by atoms with Crippen LogP contribution >= 0.6 is 27.5 Å². The molecule has 5 heteroatoms. The second-order valence-corrected chi connectivity index (χ2v) is 5.03. The molecule has 0 unspecified atom stereocenters. The van der Waals surface area contributed by atoms with Gasteiger partial charge in [0.05, 0.1) is 16.3 Å². The minimum Gasteiger partial charge on any atom is -0.338 e. The van der Waals surface area contributed by atoms with Gasteiger partial charge in [-0.15, -0.1) is 0 Å². The van der Waals surface area contributed by atoms with E-state index in [9.17, 15) is 0 Å². The van der Waals surface area contributed by atoms with Gasteiger partial charge < -0.3 is 5.32 Å². The Morgan fingerprint density at radius 2 is 2.11 bits per heavy atom. The molecular formula is C13H9BrClN3. The number of aryl methyl sites for hydroxylation is 1. The Kier molecular flexibility index (Phi) is 3.85. The van der Waals surface area contributed by atoms with Gasteiger partial charge in [-0.25, -0.2) is 4.98 Å². The number of hydrogen-bond acceptors (Lipinski definition) is 3. The van der Waals surface area contributed by atoms with E-state index in [0.717, 1.165) is 10.2 Å². The molecule has 0 radical (unpaired) electrons. The number of nitrogens with one attached hydrogen (secondary N) is 1. The van der Waals surface area contributed by atoms with Crippen LogP contribution in [-0.2, 0) is 0 Å². The van der Waals surface area contributed by atoms with Gasteiger partial charge in [0.2, 0.25) is 0 Å². The summed E-state index contributed by atoms with van der Waals surface area (Å²) < 4.78 is 0.903. The summed E-state index contributed by atoms with van der Waals surface area (Å²) in [6.07, 6.45) is 0. The van der Waals surface area contributed by atoms with E-state index < -0.39 is 0 Å². The summed E-state index contributed by atoms with van der Waals surface area (Å²) in [4.78, 5) is 4.30. The number of aromatic nitrogens is 1. The van der Waals surface area contributed by atoms with Crippen molar-refractivity contribution >= 4 is 39.0 Å². The summed E-state index contributed by atoms with van der Waals surface area (Å²) in [6, 6.07) is 11.1. The van der Waals surface area contributed by atoms with Crippen LogP contribution in [-0.4, -0.2) is 4.98 Å². The molecule has 1 heterocycles. The smallest absolute Gasteiger partial charge is 0.148 e. The molecule has 0 fully saturated rings. The maximum absolute atomic E-state index is 9.04. The highest BCUT2D eigenvalue weighted by Crippen LogP contribution is 2.29. The Bertz CT molecular complexity index is 635. The second kappa shape index (κ2) is 5.38. The highest BCUT2D eigenvalue weighted by molar-refractivity contribution is 9.10. The Hall–Kier alpha value is -1.57. The van der Waals surface area contributed by atoms with Crippen molar-refractivity contribution in [2.24, 2.45) is 0 Å². The van der Waals surface area contributed by atoms with Crippen LogP contribution in [0.4, 0.5) is 11.5 Å². The monoisotopic (exact) mass is 321 g/mol. The van der Waals surface area contributed by atoms with Crippen LogP contribution < -0.4 is 5.32 Å². The Balaban J connectivity index is 2.43. The Labute approximate surface area is 119 Å². The largest absolute Gasteiger partial charge is 0.338 e. The number of rotatable bonds is 2. The van der Waals surface area contributed by atoms with Crippen LogP contribution in [0, 0.1) is 18.3 Å². The Morgan fingerprint density at radius 1 is 1.33 bits per heavy atom. The normalized spacial score (nSPS) is 9.89. The average molecular weight is 323 g/mol. The van der Waals surface area contributed by atoms with E-state index in [1.54, 1.807) is 18.2 Å². The first-order valence-corrected chi connectivity index (χ1v) is 6.37. The molecule has 0 aliphatic heterocycles. The van der Waals surface area contributed by atoms with Crippen LogP contribution in [0.25, 0.3) is 0 Å². The van der Waals surface area contributed by atoms with E-state index in [4.69, 9.17) is 16.9 Å². The fourth-order valence-corrected chi connectivity index (χ4v) is 1.99. The maximum Gasteiger partial charge on any atom is 0.148 e. The van der Waals surface area contributed by atoms with Gasteiger partial charge in [0.15, 0.2) is 0 Å². The molecule has 2 aromatic rings. The first-order valence-electron chi connectivity index (χ1n) is 5.20. The molecule has 1 aromatic carbocycles. The van der Waals surface area contributed by atoms with Gasteiger partial charge in [0.25, 0.3) is 0 Å². The third kappa shape index (κ3) is 2.81. The van der Waals surface area contributed by atoms with Gasteiger partial charge in [-0.1, -0.05) is 27.5 Å². The van der Waals surface area contributed by atoms with Crippen molar-refractivity contribution < 1.29 is 0 Å². The molecule has 0 saturated heterocycles. The summed E-state index contributed by atoms with van der Waals surface area (Å²) in [5.41, 5.74) is 2.03. The standard InChI is InChI=1S/C13H9BrClN3/c1-8-2-3-9(7-16)13(17-8)18-12-6-10(14)4-5-11(12)15/h2-6H,1H3,(H,17,18). The molecule has 0 aliphatic rings. The molecule has 90 valence electrons. The minimum atomic E-state index is 0.483. The zero-order valence-electron chi connectivity index (χ0n) is 9.54. The summed E-state index contributed by atoms with van der Waals surface area (Å²) in [5, 5.41) is 12.7. The van der Waals surface area contributed by atoms with Crippen LogP contribution in [0.2, 0.25) is 5.02 Å². The lowest BCUT2D eigenvalue weighted by atomic mass is 10.2. The zero-order valence-corrected chi connectivity index (χ0v) is 11.9. The number of anilines is 2. The number of benzene rings is 1. The van der Waals surface area contributed by atoms with E-state index in [1.807, 2.05) is 19.1 Å². The molecule has 0 atom stereocenters. The van der Waals surface area contributed by atoms with Crippen molar-refractivity contribution in [1.29, 1.82) is 5.26 Å². The van der Waals surface area contributed by atoms with Gasteiger partial charge in [0, 0.05) is 10.2 Å². The lowest BCUT2D eigenvalue weighted by molar-refractivity contribution is 1.19. The molecule has 0 spiro atoms. The predicted octanol–water partition coefficient (Wildman–Crippen LogP) is 4.42. The fourth-order valence-electron chi connectivity index (χ4n) is 1.46. The van der Waals surface area contributed by atoms with Gasteiger partial charge in [-0.2, -0.15) is 5.26 Å². The van der Waals surface area contributed by atoms with Crippen molar-refractivity contribution in [2.45, 2.75) is 6.92 Å². The van der Waals surface area contributed by atoms with Crippen molar-refractivity contribution in [2.75, 3.05) is 5.32 Å². The first-order chi connectivity index (χ1) is 8.60. The zero-order chi connectivity index (χ0) is 13.1. The van der Waals surface area contributed by atoms with Gasteiger partial charge in [-0.05, 0) is 37.3 Å².